The highest BCUT2D eigenvalue weighted by atomic mass is 35.5. The Morgan fingerprint density at radius 3 is 2.75 bits per heavy atom. The molecule has 0 radical (unpaired) electrons. The van der Waals surface area contributed by atoms with Gasteiger partial charge in [0, 0.05) is 39.8 Å². The van der Waals surface area contributed by atoms with Crippen LogP contribution < -0.4 is 10.2 Å². The average molecular weight is 407 g/mol. The maximum Gasteiger partial charge on any atom is 0.246 e. The van der Waals surface area contributed by atoms with E-state index in [0.29, 0.717) is 24.9 Å². The number of ether oxygens (including phenoxy) is 1. The zero-order valence-corrected chi connectivity index (χ0v) is 17.3. The third kappa shape index (κ3) is 4.94. The zero-order chi connectivity index (χ0) is 19.9. The number of hydrogen-bond donors (Lipinski definition) is 1. The minimum absolute atomic E-state index is 0.181. The number of benzene rings is 1. The number of nitrogens with zero attached hydrogens (tertiary/aromatic N) is 5. The molecule has 0 amide bonds. The Kier molecular flexibility index (Phi) is 7.11. The molecule has 1 N–H and O–H groups in total. The summed E-state index contributed by atoms with van der Waals surface area (Å²) in [5, 5.41) is 8.06. The van der Waals surface area contributed by atoms with E-state index in [1.54, 1.807) is 7.05 Å². The van der Waals surface area contributed by atoms with Gasteiger partial charge in [-0.15, -0.1) is 0 Å². The van der Waals surface area contributed by atoms with Crippen LogP contribution in [0.2, 0.25) is 5.02 Å². The fourth-order valence-corrected chi connectivity index (χ4v) is 3.44. The standard InChI is InChI=1S/C19H27ClN6O2/c1-4-27-14(2)18-23-17(28-24-18)13-22-19(21-3)26-11-9-25(10-12-26)16-8-6-5-7-15(16)20/h5-8,14H,4,9-13H2,1-3H3,(H,21,22). The SMILES string of the molecule is CCOC(C)c1noc(CNC(=NC)N2CCN(c3ccccc3Cl)CC2)n1. The highest BCUT2D eigenvalue weighted by Gasteiger charge is 2.21. The van der Waals surface area contributed by atoms with Crippen molar-refractivity contribution >= 4 is 23.2 Å². The van der Waals surface area contributed by atoms with Crippen LogP contribution in [0.25, 0.3) is 0 Å². The van der Waals surface area contributed by atoms with Crippen molar-refractivity contribution in [2.75, 3.05) is 44.7 Å². The van der Waals surface area contributed by atoms with Crippen molar-refractivity contribution in [3.05, 3.63) is 41.0 Å². The molecular weight excluding hydrogens is 380 g/mol. The molecule has 28 heavy (non-hydrogen) atoms. The molecule has 1 saturated heterocycles. The molecule has 1 fully saturated rings. The second kappa shape index (κ2) is 9.75. The molecule has 3 rings (SSSR count). The van der Waals surface area contributed by atoms with E-state index in [2.05, 4.69) is 36.3 Å². The van der Waals surface area contributed by atoms with E-state index in [1.807, 2.05) is 32.0 Å². The summed E-state index contributed by atoms with van der Waals surface area (Å²) in [6.07, 6.45) is -0.181. The third-order valence-corrected chi connectivity index (χ3v) is 4.97. The topological polar surface area (TPSA) is 79.0 Å². The van der Waals surface area contributed by atoms with E-state index in [4.69, 9.17) is 20.9 Å². The molecule has 1 aliphatic heterocycles. The summed E-state index contributed by atoms with van der Waals surface area (Å²) in [6, 6.07) is 7.95. The van der Waals surface area contributed by atoms with Gasteiger partial charge < -0.3 is 24.4 Å². The summed E-state index contributed by atoms with van der Waals surface area (Å²) in [5.41, 5.74) is 1.08. The van der Waals surface area contributed by atoms with Crippen LogP contribution in [0.5, 0.6) is 0 Å². The first-order valence-corrected chi connectivity index (χ1v) is 9.89. The average Bonchev–Trinajstić information content (AvgIpc) is 3.19. The molecule has 0 spiro atoms. The van der Waals surface area contributed by atoms with Crippen molar-refractivity contribution in [2.24, 2.45) is 4.99 Å². The zero-order valence-electron chi connectivity index (χ0n) is 16.6. The molecule has 1 atom stereocenters. The first-order chi connectivity index (χ1) is 13.6. The second-order valence-electron chi connectivity index (χ2n) is 6.47. The molecule has 2 heterocycles. The van der Waals surface area contributed by atoms with Crippen molar-refractivity contribution in [1.82, 2.24) is 20.4 Å². The van der Waals surface area contributed by atoms with Gasteiger partial charge in [0.15, 0.2) is 11.8 Å². The number of piperazine rings is 1. The Balaban J connectivity index is 1.52. The van der Waals surface area contributed by atoms with Gasteiger partial charge in [0.25, 0.3) is 0 Å². The Morgan fingerprint density at radius 2 is 2.07 bits per heavy atom. The molecule has 1 aromatic heterocycles. The Morgan fingerprint density at radius 1 is 1.32 bits per heavy atom. The van der Waals surface area contributed by atoms with Gasteiger partial charge in [-0.05, 0) is 26.0 Å². The van der Waals surface area contributed by atoms with Crippen LogP contribution in [0.3, 0.4) is 0 Å². The first kappa shape index (κ1) is 20.4. The van der Waals surface area contributed by atoms with Gasteiger partial charge >= 0.3 is 0 Å². The number of aromatic nitrogens is 2. The Hall–Kier alpha value is -2.32. The van der Waals surface area contributed by atoms with E-state index in [-0.39, 0.29) is 6.10 Å². The van der Waals surface area contributed by atoms with E-state index in [1.165, 1.54) is 0 Å². The van der Waals surface area contributed by atoms with Crippen LogP contribution in [0, 0.1) is 0 Å². The second-order valence-corrected chi connectivity index (χ2v) is 6.88. The van der Waals surface area contributed by atoms with E-state index in [0.717, 1.165) is 42.8 Å². The van der Waals surface area contributed by atoms with Crippen molar-refractivity contribution in [3.63, 3.8) is 0 Å². The highest BCUT2D eigenvalue weighted by Crippen LogP contribution is 2.26. The summed E-state index contributed by atoms with van der Waals surface area (Å²) in [4.78, 5) is 13.3. The van der Waals surface area contributed by atoms with Crippen molar-refractivity contribution in [3.8, 4) is 0 Å². The molecule has 1 aliphatic rings. The smallest absolute Gasteiger partial charge is 0.246 e. The lowest BCUT2D eigenvalue weighted by molar-refractivity contribution is 0.0683. The third-order valence-electron chi connectivity index (χ3n) is 4.65. The van der Waals surface area contributed by atoms with Gasteiger partial charge in [-0.3, -0.25) is 4.99 Å². The highest BCUT2D eigenvalue weighted by molar-refractivity contribution is 6.33. The van der Waals surface area contributed by atoms with Gasteiger partial charge in [0.2, 0.25) is 5.89 Å². The lowest BCUT2D eigenvalue weighted by Crippen LogP contribution is -2.52. The van der Waals surface area contributed by atoms with Crippen LogP contribution in [-0.2, 0) is 11.3 Å². The van der Waals surface area contributed by atoms with Gasteiger partial charge in [0.1, 0.15) is 6.10 Å². The Labute approximate surface area is 170 Å². The monoisotopic (exact) mass is 406 g/mol. The molecule has 9 heteroatoms. The van der Waals surface area contributed by atoms with Gasteiger partial charge in [-0.1, -0.05) is 28.9 Å². The molecule has 8 nitrogen and oxygen atoms in total. The molecule has 0 bridgehead atoms. The number of aliphatic imine (C=N–C) groups is 1. The number of hydrogen-bond acceptors (Lipinski definition) is 6. The summed E-state index contributed by atoms with van der Waals surface area (Å²) < 4.78 is 10.8. The molecule has 2 aromatic rings. The largest absolute Gasteiger partial charge is 0.371 e. The van der Waals surface area contributed by atoms with Crippen molar-refractivity contribution in [2.45, 2.75) is 26.5 Å². The summed E-state index contributed by atoms with van der Waals surface area (Å²) in [6.45, 7) is 8.32. The Bertz CT molecular complexity index is 788. The first-order valence-electron chi connectivity index (χ1n) is 9.51. The minimum Gasteiger partial charge on any atom is -0.371 e. The van der Waals surface area contributed by atoms with Crippen molar-refractivity contribution in [1.29, 1.82) is 0 Å². The minimum atomic E-state index is -0.181. The van der Waals surface area contributed by atoms with Crippen LogP contribution in [0.4, 0.5) is 5.69 Å². The van der Waals surface area contributed by atoms with E-state index >= 15 is 0 Å². The number of halogens is 1. The van der Waals surface area contributed by atoms with Crippen molar-refractivity contribution < 1.29 is 9.26 Å². The fraction of sp³-hybridized carbons (Fsp3) is 0.526. The van der Waals surface area contributed by atoms with Crippen LogP contribution in [0.15, 0.2) is 33.8 Å². The summed E-state index contributed by atoms with van der Waals surface area (Å²) in [7, 11) is 1.78. The number of para-hydroxylation sites is 1. The summed E-state index contributed by atoms with van der Waals surface area (Å²) >= 11 is 6.32. The number of rotatable bonds is 6. The van der Waals surface area contributed by atoms with Gasteiger partial charge in [-0.2, -0.15) is 4.98 Å². The predicted octanol–water partition coefficient (Wildman–Crippen LogP) is 2.72. The van der Waals surface area contributed by atoms with E-state index < -0.39 is 0 Å². The molecule has 1 unspecified atom stereocenters. The van der Waals surface area contributed by atoms with Crippen LogP contribution in [-0.4, -0.2) is 60.8 Å². The van der Waals surface area contributed by atoms with Crippen LogP contribution in [0.1, 0.15) is 31.7 Å². The van der Waals surface area contributed by atoms with Gasteiger partial charge in [-0.25, -0.2) is 0 Å². The lowest BCUT2D eigenvalue weighted by Gasteiger charge is -2.37. The molecule has 0 saturated carbocycles. The predicted molar refractivity (Wildman–Crippen MR) is 110 cm³/mol. The molecule has 152 valence electrons. The molecular formula is C19H27ClN6O2. The number of anilines is 1. The van der Waals surface area contributed by atoms with Crippen LogP contribution >= 0.6 is 11.6 Å². The maximum atomic E-state index is 6.32. The lowest BCUT2D eigenvalue weighted by atomic mass is 10.2. The number of guanidine groups is 1. The molecule has 1 aromatic carbocycles. The van der Waals surface area contributed by atoms with E-state index in [9.17, 15) is 0 Å². The fourth-order valence-electron chi connectivity index (χ4n) is 3.18. The number of nitrogens with one attached hydrogen (secondary N) is 1. The quantitative estimate of drug-likeness (QED) is 0.583. The summed E-state index contributed by atoms with van der Waals surface area (Å²) in [5.74, 6) is 1.89. The maximum absolute atomic E-state index is 6.32. The van der Waals surface area contributed by atoms with Gasteiger partial charge in [0.05, 0.1) is 17.3 Å². The molecule has 0 aliphatic carbocycles. The normalized spacial score (nSPS) is 16.4.